The van der Waals surface area contributed by atoms with Gasteiger partial charge in [0, 0.05) is 10.6 Å². The van der Waals surface area contributed by atoms with E-state index in [0.717, 1.165) is 10.7 Å². The van der Waals surface area contributed by atoms with Crippen LogP contribution in [0.5, 0.6) is 0 Å². The highest BCUT2D eigenvalue weighted by Crippen LogP contribution is 2.33. The third-order valence-electron chi connectivity index (χ3n) is 3.55. The highest BCUT2D eigenvalue weighted by molar-refractivity contribution is 9.09. The molecule has 0 N–H and O–H groups in total. The maximum absolute atomic E-state index is 3.80. The van der Waals surface area contributed by atoms with Crippen LogP contribution in [0.15, 0.2) is 0 Å². The molecule has 1 heterocycles. The molecule has 0 aromatic heterocycles. The molecule has 2 unspecified atom stereocenters. The maximum Gasteiger partial charge on any atom is 0.0272 e. The van der Waals surface area contributed by atoms with Gasteiger partial charge in [-0.3, -0.25) is 0 Å². The third kappa shape index (κ3) is 6.54. The number of halogens is 1. The molecule has 2 atom stereocenters. The standard InChI is InChI=1S/C14H27BrS/c1-2-3-4-5-6-7-8-9-10-13-11-16-12-14(13)15/h13-14H,2-12H2,1H3. The van der Waals surface area contributed by atoms with Crippen molar-refractivity contribution < 1.29 is 0 Å². The lowest BCUT2D eigenvalue weighted by molar-refractivity contribution is 0.498. The van der Waals surface area contributed by atoms with Gasteiger partial charge in [0.2, 0.25) is 0 Å². The Kier molecular flexibility index (Phi) is 9.14. The van der Waals surface area contributed by atoms with Gasteiger partial charge < -0.3 is 0 Å². The zero-order valence-electron chi connectivity index (χ0n) is 10.7. The summed E-state index contributed by atoms with van der Waals surface area (Å²) in [6.07, 6.45) is 13.0. The molecule has 0 aromatic rings. The van der Waals surface area contributed by atoms with Crippen LogP contribution in [0.3, 0.4) is 0 Å². The van der Waals surface area contributed by atoms with Crippen LogP contribution in [0.25, 0.3) is 0 Å². The molecule has 1 rings (SSSR count). The van der Waals surface area contributed by atoms with E-state index in [2.05, 4.69) is 34.6 Å². The van der Waals surface area contributed by atoms with Gasteiger partial charge in [0.25, 0.3) is 0 Å². The Morgan fingerprint density at radius 2 is 1.56 bits per heavy atom. The van der Waals surface area contributed by atoms with Crippen molar-refractivity contribution in [2.24, 2.45) is 5.92 Å². The van der Waals surface area contributed by atoms with E-state index in [-0.39, 0.29) is 0 Å². The molecule has 0 bridgehead atoms. The van der Waals surface area contributed by atoms with E-state index in [1.165, 1.54) is 69.3 Å². The first-order valence-corrected chi connectivity index (χ1v) is 9.13. The van der Waals surface area contributed by atoms with Gasteiger partial charge in [0.15, 0.2) is 0 Å². The molecule has 16 heavy (non-hydrogen) atoms. The Morgan fingerprint density at radius 3 is 2.12 bits per heavy atom. The number of unbranched alkanes of at least 4 members (excludes halogenated alkanes) is 7. The zero-order valence-corrected chi connectivity index (χ0v) is 13.1. The van der Waals surface area contributed by atoms with Crippen molar-refractivity contribution in [1.29, 1.82) is 0 Å². The number of hydrogen-bond acceptors (Lipinski definition) is 1. The molecule has 0 aliphatic carbocycles. The summed E-state index contributed by atoms with van der Waals surface area (Å²) in [5.74, 6) is 3.69. The minimum absolute atomic E-state index is 0.807. The fourth-order valence-electron chi connectivity index (χ4n) is 2.38. The monoisotopic (exact) mass is 306 g/mol. The van der Waals surface area contributed by atoms with Crippen LogP contribution in [0, 0.1) is 5.92 Å². The topological polar surface area (TPSA) is 0 Å². The molecule has 0 aromatic carbocycles. The highest BCUT2D eigenvalue weighted by atomic mass is 79.9. The maximum atomic E-state index is 3.80. The Labute approximate surface area is 114 Å². The molecule has 0 amide bonds. The number of hydrogen-bond donors (Lipinski definition) is 0. The average Bonchev–Trinajstić information content (AvgIpc) is 2.68. The average molecular weight is 307 g/mol. The first-order chi connectivity index (χ1) is 7.84. The first-order valence-electron chi connectivity index (χ1n) is 7.06. The van der Waals surface area contributed by atoms with E-state index in [9.17, 15) is 0 Å². The van der Waals surface area contributed by atoms with Crippen LogP contribution in [0.4, 0.5) is 0 Å². The minimum Gasteiger partial charge on any atom is -0.161 e. The molecule has 0 saturated carbocycles. The molecular weight excluding hydrogens is 280 g/mol. The molecule has 0 spiro atoms. The van der Waals surface area contributed by atoms with Crippen molar-refractivity contribution in [3.8, 4) is 0 Å². The van der Waals surface area contributed by atoms with Gasteiger partial charge in [0.1, 0.15) is 0 Å². The lowest BCUT2D eigenvalue weighted by Gasteiger charge is -2.12. The SMILES string of the molecule is CCCCCCCCCCC1CSCC1Br. The predicted molar refractivity (Wildman–Crippen MR) is 80.8 cm³/mol. The van der Waals surface area contributed by atoms with Crippen molar-refractivity contribution in [1.82, 2.24) is 0 Å². The van der Waals surface area contributed by atoms with E-state index in [4.69, 9.17) is 0 Å². The number of thioether (sulfide) groups is 1. The minimum atomic E-state index is 0.807. The molecule has 0 radical (unpaired) electrons. The van der Waals surface area contributed by atoms with Crippen LogP contribution in [-0.4, -0.2) is 16.3 Å². The van der Waals surface area contributed by atoms with Gasteiger partial charge >= 0.3 is 0 Å². The highest BCUT2D eigenvalue weighted by Gasteiger charge is 2.24. The number of rotatable bonds is 9. The van der Waals surface area contributed by atoms with Gasteiger partial charge in [-0.15, -0.1) is 0 Å². The summed E-state index contributed by atoms with van der Waals surface area (Å²) in [6.45, 7) is 2.29. The lowest BCUT2D eigenvalue weighted by atomic mass is 9.99. The van der Waals surface area contributed by atoms with Gasteiger partial charge in [-0.2, -0.15) is 11.8 Å². The van der Waals surface area contributed by atoms with Crippen molar-refractivity contribution >= 4 is 27.7 Å². The van der Waals surface area contributed by atoms with Gasteiger partial charge in [-0.25, -0.2) is 0 Å². The van der Waals surface area contributed by atoms with E-state index in [1.54, 1.807) is 0 Å². The zero-order chi connectivity index (χ0) is 11.6. The quantitative estimate of drug-likeness (QED) is 0.392. The second kappa shape index (κ2) is 9.82. The molecule has 1 aliphatic heterocycles. The van der Waals surface area contributed by atoms with Crippen LogP contribution in [0.2, 0.25) is 0 Å². The van der Waals surface area contributed by atoms with Gasteiger partial charge in [-0.1, -0.05) is 74.2 Å². The second-order valence-corrected chi connectivity index (χ2v) is 7.33. The van der Waals surface area contributed by atoms with E-state index < -0.39 is 0 Å². The van der Waals surface area contributed by atoms with Crippen LogP contribution < -0.4 is 0 Å². The fraction of sp³-hybridized carbons (Fsp3) is 1.00. The fourth-order valence-corrected chi connectivity index (χ4v) is 4.97. The van der Waals surface area contributed by atoms with Crippen LogP contribution in [0.1, 0.15) is 64.7 Å². The van der Waals surface area contributed by atoms with Crippen LogP contribution in [-0.2, 0) is 0 Å². The Hall–Kier alpha value is 0.830. The Balaban J connectivity index is 1.81. The summed E-state index contributed by atoms with van der Waals surface area (Å²) in [7, 11) is 0. The number of alkyl halides is 1. The second-order valence-electron chi connectivity index (χ2n) is 5.08. The normalized spacial score (nSPS) is 25.1. The molecular formula is C14H27BrS. The summed E-state index contributed by atoms with van der Waals surface area (Å²) in [6, 6.07) is 0. The lowest BCUT2D eigenvalue weighted by Crippen LogP contribution is -2.10. The summed E-state index contributed by atoms with van der Waals surface area (Å²) in [5, 5.41) is 0. The van der Waals surface area contributed by atoms with E-state index >= 15 is 0 Å². The van der Waals surface area contributed by atoms with Crippen molar-refractivity contribution in [3.63, 3.8) is 0 Å². The summed E-state index contributed by atoms with van der Waals surface area (Å²) >= 11 is 5.92. The van der Waals surface area contributed by atoms with Crippen molar-refractivity contribution in [2.45, 2.75) is 69.5 Å². The predicted octanol–water partition coefficient (Wildman–Crippen LogP) is 5.64. The molecule has 96 valence electrons. The van der Waals surface area contributed by atoms with Gasteiger partial charge in [0.05, 0.1) is 0 Å². The first kappa shape index (κ1) is 14.9. The largest absolute Gasteiger partial charge is 0.161 e. The molecule has 1 fully saturated rings. The molecule has 0 nitrogen and oxygen atoms in total. The summed E-state index contributed by atoms with van der Waals surface area (Å²) < 4.78 is 0. The summed E-state index contributed by atoms with van der Waals surface area (Å²) in [4.78, 5) is 0.807. The van der Waals surface area contributed by atoms with E-state index in [0.29, 0.717) is 0 Å². The van der Waals surface area contributed by atoms with Crippen molar-refractivity contribution in [2.75, 3.05) is 11.5 Å². The molecule has 1 aliphatic rings. The smallest absolute Gasteiger partial charge is 0.0272 e. The van der Waals surface area contributed by atoms with Gasteiger partial charge in [-0.05, 0) is 18.1 Å². The Morgan fingerprint density at radius 1 is 0.938 bits per heavy atom. The molecule has 2 heteroatoms. The summed E-state index contributed by atoms with van der Waals surface area (Å²) in [5.41, 5.74) is 0. The third-order valence-corrected chi connectivity index (χ3v) is 6.31. The molecule has 1 saturated heterocycles. The van der Waals surface area contributed by atoms with E-state index in [1.807, 2.05) is 0 Å². The van der Waals surface area contributed by atoms with Crippen molar-refractivity contribution in [3.05, 3.63) is 0 Å². The Bertz CT molecular complexity index is 161. The van der Waals surface area contributed by atoms with Crippen LogP contribution >= 0.6 is 27.7 Å².